The van der Waals surface area contributed by atoms with Crippen molar-refractivity contribution in [2.45, 2.75) is 26.6 Å². The SMILES string of the molecule is CCCNc1cnc(COCc2cccc(OC)c2)cn1. The maximum atomic E-state index is 5.65. The Morgan fingerprint density at radius 1 is 1.14 bits per heavy atom. The molecule has 0 atom stereocenters. The van der Waals surface area contributed by atoms with Gasteiger partial charge in [0.1, 0.15) is 11.6 Å². The van der Waals surface area contributed by atoms with Gasteiger partial charge < -0.3 is 14.8 Å². The van der Waals surface area contributed by atoms with Gasteiger partial charge in [0, 0.05) is 6.54 Å². The van der Waals surface area contributed by atoms with E-state index in [1.54, 1.807) is 19.5 Å². The lowest BCUT2D eigenvalue weighted by Crippen LogP contribution is -2.04. The predicted octanol–water partition coefficient (Wildman–Crippen LogP) is 3.02. The van der Waals surface area contributed by atoms with Crippen LogP contribution in [-0.4, -0.2) is 23.6 Å². The van der Waals surface area contributed by atoms with Gasteiger partial charge in [0.05, 0.1) is 38.4 Å². The maximum Gasteiger partial charge on any atom is 0.144 e. The van der Waals surface area contributed by atoms with Gasteiger partial charge in [-0.25, -0.2) is 4.98 Å². The Bertz CT molecular complexity index is 543. The highest BCUT2D eigenvalue weighted by Gasteiger charge is 2.00. The summed E-state index contributed by atoms with van der Waals surface area (Å²) in [7, 11) is 1.66. The number of aromatic nitrogens is 2. The molecule has 0 aliphatic carbocycles. The molecule has 0 aliphatic rings. The molecule has 0 saturated heterocycles. The molecule has 0 aliphatic heterocycles. The molecular weight excluding hydrogens is 266 g/mol. The minimum Gasteiger partial charge on any atom is -0.497 e. The maximum absolute atomic E-state index is 5.65. The normalized spacial score (nSPS) is 10.4. The van der Waals surface area contributed by atoms with Crippen LogP contribution in [0.25, 0.3) is 0 Å². The van der Waals surface area contributed by atoms with Crippen molar-refractivity contribution < 1.29 is 9.47 Å². The molecule has 21 heavy (non-hydrogen) atoms. The largest absolute Gasteiger partial charge is 0.497 e. The van der Waals surface area contributed by atoms with Crippen molar-refractivity contribution in [2.24, 2.45) is 0 Å². The van der Waals surface area contributed by atoms with E-state index in [0.29, 0.717) is 13.2 Å². The number of methoxy groups -OCH3 is 1. The zero-order chi connectivity index (χ0) is 14.9. The fraction of sp³-hybridized carbons (Fsp3) is 0.375. The van der Waals surface area contributed by atoms with E-state index in [-0.39, 0.29) is 0 Å². The molecule has 5 nitrogen and oxygen atoms in total. The predicted molar refractivity (Wildman–Crippen MR) is 82.3 cm³/mol. The van der Waals surface area contributed by atoms with Crippen LogP contribution in [0.2, 0.25) is 0 Å². The van der Waals surface area contributed by atoms with Crippen LogP contribution < -0.4 is 10.1 Å². The average molecular weight is 287 g/mol. The second-order valence-electron chi connectivity index (χ2n) is 4.66. The molecule has 0 fully saturated rings. The van der Waals surface area contributed by atoms with Gasteiger partial charge in [-0.2, -0.15) is 0 Å². The summed E-state index contributed by atoms with van der Waals surface area (Å²) in [6.45, 7) is 3.98. The highest BCUT2D eigenvalue weighted by Crippen LogP contribution is 2.13. The first-order chi connectivity index (χ1) is 10.3. The van der Waals surface area contributed by atoms with Crippen LogP contribution in [0, 0.1) is 0 Å². The van der Waals surface area contributed by atoms with Gasteiger partial charge in [0.15, 0.2) is 0 Å². The Labute approximate surface area is 125 Å². The van der Waals surface area contributed by atoms with E-state index < -0.39 is 0 Å². The molecule has 0 spiro atoms. The Morgan fingerprint density at radius 2 is 2.05 bits per heavy atom. The van der Waals surface area contributed by atoms with Gasteiger partial charge in [-0.15, -0.1) is 0 Å². The molecule has 0 bridgehead atoms. The number of rotatable bonds is 8. The van der Waals surface area contributed by atoms with Gasteiger partial charge in [0.2, 0.25) is 0 Å². The van der Waals surface area contributed by atoms with Crippen LogP contribution in [0.4, 0.5) is 5.82 Å². The molecule has 1 aromatic heterocycles. The highest BCUT2D eigenvalue weighted by atomic mass is 16.5. The third kappa shape index (κ3) is 5.04. The Kier molecular flexibility index (Phi) is 5.97. The molecule has 0 radical (unpaired) electrons. The van der Waals surface area contributed by atoms with Crippen LogP contribution in [0.5, 0.6) is 5.75 Å². The van der Waals surface area contributed by atoms with Crippen molar-refractivity contribution in [3.63, 3.8) is 0 Å². The van der Waals surface area contributed by atoms with Gasteiger partial charge >= 0.3 is 0 Å². The molecule has 0 amide bonds. The molecule has 2 rings (SSSR count). The van der Waals surface area contributed by atoms with Crippen LogP contribution >= 0.6 is 0 Å². The number of nitrogens with zero attached hydrogens (tertiary/aromatic N) is 2. The zero-order valence-corrected chi connectivity index (χ0v) is 12.5. The van der Waals surface area contributed by atoms with Crippen molar-refractivity contribution in [1.82, 2.24) is 9.97 Å². The lowest BCUT2D eigenvalue weighted by atomic mass is 10.2. The number of ether oxygens (including phenoxy) is 2. The second kappa shape index (κ2) is 8.21. The number of anilines is 1. The van der Waals surface area contributed by atoms with Gasteiger partial charge in [-0.05, 0) is 24.1 Å². The summed E-state index contributed by atoms with van der Waals surface area (Å²) in [6.07, 6.45) is 4.54. The summed E-state index contributed by atoms with van der Waals surface area (Å²) < 4.78 is 10.8. The van der Waals surface area contributed by atoms with E-state index >= 15 is 0 Å². The molecule has 5 heteroatoms. The standard InChI is InChI=1S/C16H21N3O2/c1-3-7-17-16-10-18-14(9-19-16)12-21-11-13-5-4-6-15(8-13)20-2/h4-6,8-10H,3,7,11-12H2,1-2H3,(H,17,19). The van der Waals surface area contributed by atoms with Crippen LogP contribution in [0.3, 0.4) is 0 Å². The quantitative estimate of drug-likeness (QED) is 0.808. The Morgan fingerprint density at radius 3 is 2.76 bits per heavy atom. The van der Waals surface area contributed by atoms with Crippen LogP contribution in [-0.2, 0) is 18.0 Å². The summed E-state index contributed by atoms with van der Waals surface area (Å²) in [6, 6.07) is 7.83. The van der Waals surface area contributed by atoms with E-state index in [2.05, 4.69) is 22.2 Å². The van der Waals surface area contributed by atoms with E-state index in [4.69, 9.17) is 9.47 Å². The van der Waals surface area contributed by atoms with Crippen molar-refractivity contribution in [3.05, 3.63) is 47.9 Å². The van der Waals surface area contributed by atoms with E-state index in [1.807, 2.05) is 24.3 Å². The third-order valence-electron chi connectivity index (χ3n) is 2.91. The summed E-state index contributed by atoms with van der Waals surface area (Å²) >= 11 is 0. The van der Waals surface area contributed by atoms with Crippen LogP contribution in [0.15, 0.2) is 36.7 Å². The first-order valence-electron chi connectivity index (χ1n) is 7.07. The molecular formula is C16H21N3O2. The van der Waals surface area contributed by atoms with Crippen LogP contribution in [0.1, 0.15) is 24.6 Å². The molecule has 1 heterocycles. The van der Waals surface area contributed by atoms with Crippen molar-refractivity contribution in [2.75, 3.05) is 19.0 Å². The summed E-state index contributed by atoms with van der Waals surface area (Å²) in [5.74, 6) is 1.63. The van der Waals surface area contributed by atoms with Crippen molar-refractivity contribution in [3.8, 4) is 5.75 Å². The molecule has 1 aromatic carbocycles. The lowest BCUT2D eigenvalue weighted by molar-refractivity contribution is 0.104. The average Bonchev–Trinajstić information content (AvgIpc) is 2.54. The first-order valence-corrected chi connectivity index (χ1v) is 7.07. The number of benzene rings is 1. The molecule has 0 saturated carbocycles. The Hall–Kier alpha value is -2.14. The molecule has 0 unspecified atom stereocenters. The number of nitrogens with one attached hydrogen (secondary N) is 1. The topological polar surface area (TPSA) is 56.3 Å². The molecule has 112 valence electrons. The molecule has 2 aromatic rings. The number of hydrogen-bond donors (Lipinski definition) is 1. The lowest BCUT2D eigenvalue weighted by Gasteiger charge is -2.07. The fourth-order valence-electron chi connectivity index (χ4n) is 1.81. The minimum atomic E-state index is 0.443. The number of hydrogen-bond acceptors (Lipinski definition) is 5. The monoisotopic (exact) mass is 287 g/mol. The van der Waals surface area contributed by atoms with E-state index in [9.17, 15) is 0 Å². The zero-order valence-electron chi connectivity index (χ0n) is 12.5. The summed E-state index contributed by atoms with van der Waals surface area (Å²) in [4.78, 5) is 8.62. The fourth-order valence-corrected chi connectivity index (χ4v) is 1.81. The van der Waals surface area contributed by atoms with E-state index in [0.717, 1.165) is 35.8 Å². The second-order valence-corrected chi connectivity index (χ2v) is 4.66. The Balaban J connectivity index is 1.80. The highest BCUT2D eigenvalue weighted by molar-refractivity contribution is 5.30. The van der Waals surface area contributed by atoms with Gasteiger partial charge in [-0.1, -0.05) is 19.1 Å². The van der Waals surface area contributed by atoms with E-state index in [1.165, 1.54) is 0 Å². The minimum absolute atomic E-state index is 0.443. The first kappa shape index (κ1) is 15.3. The van der Waals surface area contributed by atoms with Gasteiger partial charge in [-0.3, -0.25) is 4.98 Å². The van der Waals surface area contributed by atoms with Crippen molar-refractivity contribution in [1.29, 1.82) is 0 Å². The summed E-state index contributed by atoms with van der Waals surface area (Å²) in [5, 5.41) is 3.19. The smallest absolute Gasteiger partial charge is 0.144 e. The van der Waals surface area contributed by atoms with Gasteiger partial charge in [0.25, 0.3) is 0 Å². The third-order valence-corrected chi connectivity index (χ3v) is 2.91. The summed E-state index contributed by atoms with van der Waals surface area (Å²) in [5.41, 5.74) is 1.89. The van der Waals surface area contributed by atoms with Crippen molar-refractivity contribution >= 4 is 5.82 Å². The molecule has 1 N–H and O–H groups in total.